The molecule has 84 valence electrons. The molecule has 0 aliphatic heterocycles. The minimum absolute atomic E-state index is 0.558. The second-order valence-corrected chi connectivity index (χ2v) is 4.23. The topological polar surface area (TPSA) is 34.4 Å². The smallest absolute Gasteiger partial charge is 0.129 e. The third-order valence-corrected chi connectivity index (χ3v) is 2.96. The van der Waals surface area contributed by atoms with Crippen molar-refractivity contribution in [3.8, 4) is 0 Å². The minimum atomic E-state index is 0.558. The standard InChI is InChI=1S/C12H19NO2/c1-14-9-12-6-5-11(15-12)8-13-7-10-3-2-4-10/h5-6,10,13H,2-4,7-9H2,1H3. The minimum Gasteiger partial charge on any atom is -0.462 e. The lowest BCUT2D eigenvalue weighted by Gasteiger charge is -2.25. The van der Waals surface area contributed by atoms with Crippen LogP contribution in [0.5, 0.6) is 0 Å². The van der Waals surface area contributed by atoms with Gasteiger partial charge in [-0.2, -0.15) is 0 Å². The van der Waals surface area contributed by atoms with E-state index in [-0.39, 0.29) is 0 Å². The van der Waals surface area contributed by atoms with Crippen LogP contribution in [0.2, 0.25) is 0 Å². The molecule has 3 heteroatoms. The fourth-order valence-electron chi connectivity index (χ4n) is 1.83. The van der Waals surface area contributed by atoms with Gasteiger partial charge in [-0.1, -0.05) is 6.42 Å². The molecule has 1 heterocycles. The Bertz CT molecular complexity index is 292. The molecule has 3 nitrogen and oxygen atoms in total. The molecule has 0 saturated heterocycles. The molecule has 2 rings (SSSR count). The molecule has 1 saturated carbocycles. The van der Waals surface area contributed by atoms with Crippen LogP contribution in [0.15, 0.2) is 16.5 Å². The van der Waals surface area contributed by atoms with Gasteiger partial charge in [0.2, 0.25) is 0 Å². The number of hydrogen-bond acceptors (Lipinski definition) is 3. The molecule has 1 aliphatic carbocycles. The Hall–Kier alpha value is -0.800. The van der Waals surface area contributed by atoms with Gasteiger partial charge in [0.25, 0.3) is 0 Å². The van der Waals surface area contributed by atoms with Crippen LogP contribution in [0.1, 0.15) is 30.8 Å². The first-order valence-electron chi connectivity index (χ1n) is 5.65. The van der Waals surface area contributed by atoms with E-state index in [4.69, 9.17) is 9.15 Å². The lowest BCUT2D eigenvalue weighted by atomic mass is 9.85. The van der Waals surface area contributed by atoms with Crippen LogP contribution in [0, 0.1) is 5.92 Å². The zero-order valence-electron chi connectivity index (χ0n) is 9.29. The summed E-state index contributed by atoms with van der Waals surface area (Å²) in [7, 11) is 1.68. The van der Waals surface area contributed by atoms with Crippen molar-refractivity contribution in [1.82, 2.24) is 5.32 Å². The Morgan fingerprint density at radius 3 is 2.87 bits per heavy atom. The Labute approximate surface area is 90.8 Å². The number of rotatable bonds is 6. The molecular weight excluding hydrogens is 190 g/mol. The quantitative estimate of drug-likeness (QED) is 0.780. The van der Waals surface area contributed by atoms with Crippen LogP contribution in [-0.2, 0) is 17.9 Å². The van der Waals surface area contributed by atoms with Crippen molar-refractivity contribution in [1.29, 1.82) is 0 Å². The van der Waals surface area contributed by atoms with Gasteiger partial charge in [0, 0.05) is 7.11 Å². The van der Waals surface area contributed by atoms with Crippen molar-refractivity contribution in [2.24, 2.45) is 5.92 Å². The summed E-state index contributed by atoms with van der Waals surface area (Å²) in [6, 6.07) is 3.99. The van der Waals surface area contributed by atoms with Crippen LogP contribution in [0.3, 0.4) is 0 Å². The van der Waals surface area contributed by atoms with Crippen LogP contribution < -0.4 is 5.32 Å². The third-order valence-electron chi connectivity index (χ3n) is 2.96. The first-order valence-corrected chi connectivity index (χ1v) is 5.65. The first kappa shape index (κ1) is 10.7. The summed E-state index contributed by atoms with van der Waals surface area (Å²) in [6.45, 7) is 2.52. The SMILES string of the molecule is COCc1ccc(CNCC2CCC2)o1. The van der Waals surface area contributed by atoms with Crippen LogP contribution >= 0.6 is 0 Å². The maximum absolute atomic E-state index is 5.57. The van der Waals surface area contributed by atoms with Crippen LogP contribution in [0.4, 0.5) is 0 Å². The van der Waals surface area contributed by atoms with Gasteiger partial charge in [-0.05, 0) is 37.4 Å². The fraction of sp³-hybridized carbons (Fsp3) is 0.667. The average Bonchev–Trinajstić information content (AvgIpc) is 2.58. The van der Waals surface area contributed by atoms with Crippen molar-refractivity contribution < 1.29 is 9.15 Å². The Balaban J connectivity index is 1.67. The second-order valence-electron chi connectivity index (χ2n) is 4.23. The van der Waals surface area contributed by atoms with Gasteiger partial charge in [0.05, 0.1) is 6.54 Å². The van der Waals surface area contributed by atoms with Gasteiger partial charge in [0.15, 0.2) is 0 Å². The van der Waals surface area contributed by atoms with Gasteiger partial charge in [-0.25, -0.2) is 0 Å². The van der Waals surface area contributed by atoms with Gasteiger partial charge in [-0.15, -0.1) is 0 Å². The third kappa shape index (κ3) is 3.08. The van der Waals surface area contributed by atoms with E-state index in [1.54, 1.807) is 7.11 Å². The lowest BCUT2D eigenvalue weighted by molar-refractivity contribution is 0.162. The number of methoxy groups -OCH3 is 1. The van der Waals surface area contributed by atoms with Gasteiger partial charge in [-0.3, -0.25) is 0 Å². The monoisotopic (exact) mass is 209 g/mol. The van der Waals surface area contributed by atoms with E-state index in [1.165, 1.54) is 19.3 Å². The normalized spacial score (nSPS) is 16.6. The molecule has 1 fully saturated rings. The van der Waals surface area contributed by atoms with E-state index in [2.05, 4.69) is 5.32 Å². The van der Waals surface area contributed by atoms with Gasteiger partial charge in [0.1, 0.15) is 18.1 Å². The predicted molar refractivity (Wildman–Crippen MR) is 58.5 cm³/mol. The lowest BCUT2D eigenvalue weighted by Crippen LogP contribution is -2.26. The summed E-state index contributed by atoms with van der Waals surface area (Å²) in [6.07, 6.45) is 4.19. The average molecular weight is 209 g/mol. The number of hydrogen-bond donors (Lipinski definition) is 1. The maximum atomic E-state index is 5.57. The molecular formula is C12H19NO2. The molecule has 1 aromatic rings. The molecule has 0 atom stereocenters. The van der Waals surface area contributed by atoms with Crippen molar-refractivity contribution >= 4 is 0 Å². The van der Waals surface area contributed by atoms with E-state index in [1.807, 2.05) is 12.1 Å². The Morgan fingerprint density at radius 2 is 2.20 bits per heavy atom. The predicted octanol–water partition coefficient (Wildman–Crippen LogP) is 2.32. The van der Waals surface area contributed by atoms with E-state index >= 15 is 0 Å². The number of furan rings is 1. The molecule has 0 amide bonds. The highest BCUT2D eigenvalue weighted by Crippen LogP contribution is 2.25. The van der Waals surface area contributed by atoms with Crippen molar-refractivity contribution in [2.75, 3.05) is 13.7 Å². The van der Waals surface area contributed by atoms with E-state index in [9.17, 15) is 0 Å². The molecule has 1 N–H and O–H groups in total. The highest BCUT2D eigenvalue weighted by molar-refractivity contribution is 5.06. The highest BCUT2D eigenvalue weighted by Gasteiger charge is 2.16. The van der Waals surface area contributed by atoms with Crippen molar-refractivity contribution in [3.05, 3.63) is 23.7 Å². The van der Waals surface area contributed by atoms with Crippen molar-refractivity contribution in [2.45, 2.75) is 32.4 Å². The number of nitrogens with one attached hydrogen (secondary N) is 1. The summed E-state index contributed by atoms with van der Waals surface area (Å²) in [5.41, 5.74) is 0. The summed E-state index contributed by atoms with van der Waals surface area (Å²) in [5.74, 6) is 2.80. The molecule has 1 aliphatic rings. The molecule has 15 heavy (non-hydrogen) atoms. The second kappa shape index (κ2) is 5.33. The summed E-state index contributed by atoms with van der Waals surface area (Å²) >= 11 is 0. The zero-order valence-corrected chi connectivity index (χ0v) is 9.29. The molecule has 0 radical (unpaired) electrons. The van der Waals surface area contributed by atoms with Crippen LogP contribution in [-0.4, -0.2) is 13.7 Å². The van der Waals surface area contributed by atoms with Crippen LogP contribution in [0.25, 0.3) is 0 Å². The molecule has 0 unspecified atom stereocenters. The molecule has 0 bridgehead atoms. The van der Waals surface area contributed by atoms with Crippen molar-refractivity contribution in [3.63, 3.8) is 0 Å². The molecule has 0 aromatic carbocycles. The maximum Gasteiger partial charge on any atom is 0.129 e. The first-order chi connectivity index (χ1) is 7.38. The summed E-state index contributed by atoms with van der Waals surface area (Å²) < 4.78 is 10.6. The summed E-state index contributed by atoms with van der Waals surface area (Å²) in [5, 5.41) is 3.42. The van der Waals surface area contributed by atoms with Gasteiger partial charge >= 0.3 is 0 Å². The van der Waals surface area contributed by atoms with E-state index in [0.29, 0.717) is 6.61 Å². The summed E-state index contributed by atoms with van der Waals surface area (Å²) in [4.78, 5) is 0. The Morgan fingerprint density at radius 1 is 1.40 bits per heavy atom. The largest absolute Gasteiger partial charge is 0.462 e. The van der Waals surface area contributed by atoms with E-state index < -0.39 is 0 Å². The Kier molecular flexibility index (Phi) is 3.80. The highest BCUT2D eigenvalue weighted by atomic mass is 16.5. The fourth-order valence-corrected chi connectivity index (χ4v) is 1.83. The molecule has 0 spiro atoms. The van der Waals surface area contributed by atoms with E-state index in [0.717, 1.165) is 30.5 Å². The van der Waals surface area contributed by atoms with Gasteiger partial charge < -0.3 is 14.5 Å². The zero-order chi connectivity index (χ0) is 10.5. The molecule has 1 aromatic heterocycles. The number of ether oxygens (including phenoxy) is 1.